The van der Waals surface area contributed by atoms with Gasteiger partial charge in [-0.05, 0) is 30.5 Å². The first-order valence-electron chi connectivity index (χ1n) is 9.66. The molecular weight excluding hydrogens is 481 g/mol. The molecule has 6 nitrogen and oxygen atoms in total. The van der Waals surface area contributed by atoms with Crippen LogP contribution in [0.5, 0.6) is 5.75 Å². The van der Waals surface area contributed by atoms with Crippen LogP contribution in [0.2, 0.25) is 0 Å². The summed E-state index contributed by atoms with van der Waals surface area (Å²) >= 11 is 0. The number of rotatable bonds is 11. The Hall–Kier alpha value is -1.84. The quantitative estimate of drug-likeness (QED) is 0.245. The van der Waals surface area contributed by atoms with Gasteiger partial charge in [0.05, 0.1) is 33.0 Å². The average Bonchev–Trinajstić information content (AvgIpc) is 2.73. The molecule has 0 aliphatic heterocycles. The fourth-order valence-electron chi connectivity index (χ4n) is 2.70. The summed E-state index contributed by atoms with van der Waals surface area (Å²) in [5.74, 6) is 1.57. The molecule has 0 saturated carbocycles. The molecule has 0 aliphatic carbocycles. The van der Waals surface area contributed by atoms with Gasteiger partial charge < -0.3 is 25.2 Å². The molecule has 0 bridgehead atoms. The smallest absolute Gasteiger partial charge is 0.191 e. The van der Waals surface area contributed by atoms with Crippen molar-refractivity contribution in [2.75, 3.05) is 33.4 Å². The van der Waals surface area contributed by atoms with Crippen molar-refractivity contribution in [3.8, 4) is 5.75 Å². The summed E-state index contributed by atoms with van der Waals surface area (Å²) in [5, 5.41) is 16.6. The molecule has 2 aromatic carbocycles. The summed E-state index contributed by atoms with van der Waals surface area (Å²) in [4.78, 5) is 4.45. The normalized spacial score (nSPS) is 12.0. The van der Waals surface area contributed by atoms with Crippen molar-refractivity contribution >= 4 is 29.9 Å². The minimum atomic E-state index is -0.645. The maximum Gasteiger partial charge on any atom is 0.191 e. The SMILES string of the molecule is CCNC(=NCC(O)COCc1ccccc1)NCCc1ccccc1OC.I. The topological polar surface area (TPSA) is 75.1 Å². The lowest BCUT2D eigenvalue weighted by atomic mass is 10.1. The number of guanidine groups is 1. The van der Waals surface area contributed by atoms with Crippen molar-refractivity contribution in [3.63, 3.8) is 0 Å². The molecule has 0 aromatic heterocycles. The van der Waals surface area contributed by atoms with Crippen LogP contribution in [-0.2, 0) is 17.8 Å². The second kappa shape index (κ2) is 15.1. The first kappa shape index (κ1) is 25.2. The van der Waals surface area contributed by atoms with Gasteiger partial charge in [-0.1, -0.05) is 48.5 Å². The number of halogens is 1. The van der Waals surface area contributed by atoms with Gasteiger partial charge >= 0.3 is 0 Å². The maximum atomic E-state index is 10.1. The second-order valence-electron chi connectivity index (χ2n) is 6.36. The van der Waals surface area contributed by atoms with E-state index >= 15 is 0 Å². The number of hydrogen-bond acceptors (Lipinski definition) is 4. The van der Waals surface area contributed by atoms with E-state index in [0.717, 1.165) is 29.8 Å². The first-order valence-corrected chi connectivity index (χ1v) is 9.66. The number of nitrogens with one attached hydrogen (secondary N) is 2. The molecule has 1 unspecified atom stereocenters. The maximum absolute atomic E-state index is 10.1. The van der Waals surface area contributed by atoms with E-state index in [9.17, 15) is 5.11 Å². The lowest BCUT2D eigenvalue weighted by Gasteiger charge is -2.14. The van der Waals surface area contributed by atoms with Gasteiger partial charge in [0.25, 0.3) is 0 Å². The molecule has 0 saturated heterocycles. The largest absolute Gasteiger partial charge is 0.496 e. The zero-order valence-corrected chi connectivity index (χ0v) is 19.5. The monoisotopic (exact) mass is 513 g/mol. The third kappa shape index (κ3) is 9.96. The fraction of sp³-hybridized carbons (Fsp3) is 0.409. The van der Waals surface area contributed by atoms with Crippen molar-refractivity contribution < 1.29 is 14.6 Å². The number of benzene rings is 2. The van der Waals surface area contributed by atoms with Crippen LogP contribution >= 0.6 is 24.0 Å². The van der Waals surface area contributed by atoms with Gasteiger partial charge in [0, 0.05) is 13.1 Å². The Morgan fingerprint density at radius 2 is 1.79 bits per heavy atom. The minimum Gasteiger partial charge on any atom is -0.496 e. The van der Waals surface area contributed by atoms with E-state index < -0.39 is 6.10 Å². The summed E-state index contributed by atoms with van der Waals surface area (Å²) in [7, 11) is 1.68. The third-order valence-corrected chi connectivity index (χ3v) is 4.11. The molecule has 29 heavy (non-hydrogen) atoms. The summed E-state index contributed by atoms with van der Waals surface area (Å²) < 4.78 is 10.9. The van der Waals surface area contributed by atoms with Crippen molar-refractivity contribution in [1.29, 1.82) is 0 Å². The molecule has 0 fully saturated rings. The second-order valence-corrected chi connectivity index (χ2v) is 6.36. The lowest BCUT2D eigenvalue weighted by Crippen LogP contribution is -2.39. The number of nitrogens with zero attached hydrogens (tertiary/aromatic N) is 1. The number of ether oxygens (including phenoxy) is 2. The molecule has 1 atom stereocenters. The molecule has 0 spiro atoms. The molecule has 2 aromatic rings. The fourth-order valence-corrected chi connectivity index (χ4v) is 2.70. The zero-order valence-electron chi connectivity index (χ0n) is 17.1. The Morgan fingerprint density at radius 3 is 2.52 bits per heavy atom. The highest BCUT2D eigenvalue weighted by atomic mass is 127. The van der Waals surface area contributed by atoms with E-state index in [4.69, 9.17) is 9.47 Å². The average molecular weight is 513 g/mol. The van der Waals surface area contributed by atoms with Crippen LogP contribution in [0.3, 0.4) is 0 Å². The third-order valence-electron chi connectivity index (χ3n) is 4.11. The van der Waals surface area contributed by atoms with Gasteiger partial charge in [-0.15, -0.1) is 24.0 Å². The number of aliphatic imine (C=N–C) groups is 1. The van der Waals surface area contributed by atoms with Crippen LogP contribution in [0.1, 0.15) is 18.1 Å². The van der Waals surface area contributed by atoms with Gasteiger partial charge in [0.1, 0.15) is 5.75 Å². The van der Waals surface area contributed by atoms with Gasteiger partial charge in [0.2, 0.25) is 0 Å². The lowest BCUT2D eigenvalue weighted by molar-refractivity contribution is 0.0331. The molecule has 160 valence electrons. The highest BCUT2D eigenvalue weighted by molar-refractivity contribution is 14.0. The summed E-state index contributed by atoms with van der Waals surface area (Å²) in [6, 6.07) is 17.9. The van der Waals surface area contributed by atoms with Gasteiger partial charge in [-0.2, -0.15) is 0 Å². The summed E-state index contributed by atoms with van der Waals surface area (Å²) in [6.07, 6.45) is 0.172. The molecule has 7 heteroatoms. The minimum absolute atomic E-state index is 0. The van der Waals surface area contributed by atoms with Crippen LogP contribution in [0.25, 0.3) is 0 Å². The van der Waals surface area contributed by atoms with Crippen molar-refractivity contribution in [2.24, 2.45) is 4.99 Å². The van der Waals surface area contributed by atoms with E-state index in [1.807, 2.05) is 55.5 Å². The highest BCUT2D eigenvalue weighted by Crippen LogP contribution is 2.17. The van der Waals surface area contributed by atoms with Crippen LogP contribution in [0.4, 0.5) is 0 Å². The summed E-state index contributed by atoms with van der Waals surface area (Å²) in [6.45, 7) is 4.49. The van der Waals surface area contributed by atoms with Crippen LogP contribution < -0.4 is 15.4 Å². The van der Waals surface area contributed by atoms with Crippen molar-refractivity contribution in [2.45, 2.75) is 26.1 Å². The highest BCUT2D eigenvalue weighted by Gasteiger charge is 2.06. The summed E-state index contributed by atoms with van der Waals surface area (Å²) in [5.41, 5.74) is 2.23. The number of methoxy groups -OCH3 is 1. The first-order chi connectivity index (χ1) is 13.7. The van der Waals surface area contributed by atoms with Crippen LogP contribution in [0, 0.1) is 0 Å². The van der Waals surface area contributed by atoms with Crippen LogP contribution in [0.15, 0.2) is 59.6 Å². The Morgan fingerprint density at radius 1 is 1.07 bits per heavy atom. The predicted octanol–water partition coefficient (Wildman–Crippen LogP) is 2.99. The zero-order chi connectivity index (χ0) is 20.0. The molecule has 0 radical (unpaired) electrons. The number of para-hydroxylation sites is 1. The molecular formula is C22H32IN3O3. The number of aliphatic hydroxyl groups excluding tert-OH is 1. The Balaban J connectivity index is 0.00000420. The molecule has 0 amide bonds. The number of aliphatic hydroxyl groups is 1. The van der Waals surface area contributed by atoms with Gasteiger partial charge in [-0.25, -0.2) is 0 Å². The molecule has 2 rings (SSSR count). The van der Waals surface area contributed by atoms with E-state index in [-0.39, 0.29) is 37.1 Å². The Kier molecular flexibility index (Phi) is 13.1. The van der Waals surface area contributed by atoms with Crippen molar-refractivity contribution in [1.82, 2.24) is 10.6 Å². The standard InChI is InChI=1S/C22H31N3O3.HI/c1-3-23-22(24-14-13-19-11-7-8-12-21(19)27-2)25-15-20(26)17-28-16-18-9-5-4-6-10-18;/h4-12,20,26H,3,13-17H2,1-2H3,(H2,23,24,25);1H. The van der Waals surface area contributed by atoms with Gasteiger partial charge in [0.15, 0.2) is 5.96 Å². The van der Waals surface area contributed by atoms with Crippen LogP contribution in [-0.4, -0.2) is 50.5 Å². The van der Waals surface area contributed by atoms with Crippen molar-refractivity contribution in [3.05, 3.63) is 65.7 Å². The Labute approximate surface area is 190 Å². The predicted molar refractivity (Wildman–Crippen MR) is 128 cm³/mol. The van der Waals surface area contributed by atoms with E-state index in [1.54, 1.807) is 7.11 Å². The van der Waals surface area contributed by atoms with E-state index in [2.05, 4.69) is 21.7 Å². The number of hydrogen-bond donors (Lipinski definition) is 3. The van der Waals surface area contributed by atoms with E-state index in [1.165, 1.54) is 0 Å². The van der Waals surface area contributed by atoms with Gasteiger partial charge in [-0.3, -0.25) is 4.99 Å². The molecule has 0 aliphatic rings. The Bertz CT molecular complexity index is 713. The van der Waals surface area contributed by atoms with E-state index in [0.29, 0.717) is 19.1 Å². The molecule has 3 N–H and O–H groups in total. The molecule has 0 heterocycles.